The Balaban J connectivity index is 1.23. The molecule has 64 heavy (non-hydrogen) atoms. The second-order valence-electron chi connectivity index (χ2n) is 14.5. The summed E-state index contributed by atoms with van der Waals surface area (Å²) in [6, 6.07) is 9.75. The second-order valence-corrected chi connectivity index (χ2v) is 16.6. The zero-order valence-electron chi connectivity index (χ0n) is 36.6. The van der Waals surface area contributed by atoms with E-state index in [9.17, 15) is 13.0 Å². The van der Waals surface area contributed by atoms with Crippen LogP contribution in [0.1, 0.15) is 38.8 Å². The van der Waals surface area contributed by atoms with E-state index in [0.717, 1.165) is 51.3 Å². The van der Waals surface area contributed by atoms with Crippen LogP contribution in [0.2, 0.25) is 0 Å². The first kappa shape index (κ1) is 48.4. The minimum absolute atomic E-state index is 0.185. The molecule has 348 valence electrons. The van der Waals surface area contributed by atoms with Crippen molar-refractivity contribution in [2.45, 2.75) is 37.5 Å². The van der Waals surface area contributed by atoms with Crippen molar-refractivity contribution in [1.82, 2.24) is 39.7 Å². The van der Waals surface area contributed by atoms with Gasteiger partial charge >= 0.3 is 0 Å². The van der Waals surface area contributed by atoms with Gasteiger partial charge in [-0.3, -0.25) is 4.55 Å². The molecule has 0 unspecified atom stereocenters. The van der Waals surface area contributed by atoms with Crippen molar-refractivity contribution >= 4 is 81.4 Å². The monoisotopic (exact) mass is 926 g/mol. The first-order valence-corrected chi connectivity index (χ1v) is 23.5. The number of hydrogen-bond donors (Lipinski definition) is 6. The summed E-state index contributed by atoms with van der Waals surface area (Å²) in [7, 11) is -4.72. The molecule has 24 heteroatoms. The van der Waals surface area contributed by atoms with Crippen molar-refractivity contribution < 1.29 is 37.1 Å². The predicted molar refractivity (Wildman–Crippen MR) is 247 cm³/mol. The van der Waals surface area contributed by atoms with Crippen LogP contribution in [0, 0.1) is 0 Å². The molecule has 0 spiro atoms. The Hall–Kier alpha value is -5.02. The summed E-state index contributed by atoms with van der Waals surface area (Å²) >= 11 is 0.718. The Morgan fingerprint density at radius 2 is 1.14 bits per heavy atom. The number of anilines is 8. The molecule has 0 saturated carbocycles. The number of likely N-dealkylation sites (N-methyl/N-ethyl adjacent to an activating group) is 2. The van der Waals surface area contributed by atoms with Gasteiger partial charge in [-0.05, 0) is 61.6 Å². The molecule has 0 aliphatic carbocycles. The Kier molecular flexibility index (Phi) is 18.4. The minimum atomic E-state index is -4.72. The number of aromatic nitrogens is 6. The van der Waals surface area contributed by atoms with Crippen molar-refractivity contribution in [3.8, 4) is 0 Å². The zero-order valence-corrected chi connectivity index (χ0v) is 38.2. The number of nitrogens with zero attached hydrogens (tertiary/aromatic N) is 10. The Morgan fingerprint density at radius 1 is 0.688 bits per heavy atom. The lowest BCUT2D eigenvalue weighted by atomic mass is 10.1. The minimum Gasteiger partial charge on any atom is -0.378 e. The van der Waals surface area contributed by atoms with Gasteiger partial charge < -0.3 is 50.3 Å². The lowest BCUT2D eigenvalue weighted by Gasteiger charge is -2.27. The zero-order chi connectivity index (χ0) is 45.3. The maximum absolute atomic E-state index is 12.8. The van der Waals surface area contributed by atoms with Crippen LogP contribution in [-0.2, 0) is 29.0 Å². The molecule has 4 heterocycles. The number of rotatable bonds is 24. The van der Waals surface area contributed by atoms with Crippen molar-refractivity contribution in [2.24, 2.45) is 0 Å². The fraction of sp³-hybridized carbons (Fsp3) is 0.500. The first-order valence-electron chi connectivity index (χ1n) is 21.3. The van der Waals surface area contributed by atoms with Gasteiger partial charge in [0.2, 0.25) is 35.7 Å². The van der Waals surface area contributed by atoms with Crippen LogP contribution in [0.4, 0.5) is 47.1 Å². The average molecular weight is 927 g/mol. The number of hydrogen-bond acceptors (Lipinski definition) is 22. The number of nitrogens with one attached hydrogen (secondary N) is 4. The van der Waals surface area contributed by atoms with Crippen LogP contribution in [-0.4, -0.2) is 163 Å². The lowest BCUT2D eigenvalue weighted by molar-refractivity contribution is -0.432. The van der Waals surface area contributed by atoms with Gasteiger partial charge in [-0.25, -0.2) is 5.26 Å². The molecule has 22 nitrogen and oxygen atoms in total. The van der Waals surface area contributed by atoms with Gasteiger partial charge in [0.1, 0.15) is 4.90 Å². The van der Waals surface area contributed by atoms with E-state index in [1.54, 1.807) is 36.4 Å². The van der Waals surface area contributed by atoms with E-state index in [4.69, 9.17) is 24.0 Å². The molecular formula is C40H58N14O8S2. The molecule has 0 atom stereocenters. The van der Waals surface area contributed by atoms with Gasteiger partial charge in [0.25, 0.3) is 10.1 Å². The summed E-state index contributed by atoms with van der Waals surface area (Å²) in [5.41, 5.74) is 1.63. The lowest BCUT2D eigenvalue weighted by Crippen LogP contribution is -2.37. The fourth-order valence-corrected chi connectivity index (χ4v) is 8.05. The normalized spacial score (nSPS) is 14.8. The van der Waals surface area contributed by atoms with E-state index in [0.29, 0.717) is 117 Å². The van der Waals surface area contributed by atoms with Crippen molar-refractivity contribution in [2.75, 3.05) is 136 Å². The summed E-state index contributed by atoms with van der Waals surface area (Å²) in [6.45, 7) is 19.6. The van der Waals surface area contributed by atoms with Gasteiger partial charge in [-0.2, -0.15) is 38.3 Å². The van der Waals surface area contributed by atoms with Crippen LogP contribution in [0.5, 0.6) is 0 Å². The van der Waals surface area contributed by atoms with E-state index < -0.39 is 10.1 Å². The van der Waals surface area contributed by atoms with Crippen molar-refractivity contribution in [3.05, 3.63) is 47.5 Å². The molecular weight excluding hydrogens is 869 g/mol. The van der Waals surface area contributed by atoms with Crippen LogP contribution >= 0.6 is 12.0 Å². The van der Waals surface area contributed by atoms with Crippen LogP contribution in [0.3, 0.4) is 0 Å². The Bertz CT molecular complexity index is 2240. The average Bonchev–Trinajstić information content (AvgIpc) is 3.31. The number of ether oxygens (including phenoxy) is 2. The SMILES string of the molecule is CCN(CC)CCNc1nc(Nc2ccc(/C=C/c3ccc(Nc4nc(NCCN(CC)CC)nc(N5CCOCC5)n4)cc3S(=O)(=O)O)c(SOOO)c2)nc(N2CCOCC2)n1. The summed E-state index contributed by atoms with van der Waals surface area (Å²) in [5.74, 6) is 2.21. The summed E-state index contributed by atoms with van der Waals surface area (Å²) in [6.07, 6.45) is 3.17. The Morgan fingerprint density at radius 3 is 1.61 bits per heavy atom. The van der Waals surface area contributed by atoms with Gasteiger partial charge in [-0.15, -0.1) is 4.33 Å². The second kappa shape index (κ2) is 24.3. The molecule has 2 fully saturated rings. The summed E-state index contributed by atoms with van der Waals surface area (Å²) in [4.78, 5) is 36.6. The van der Waals surface area contributed by atoms with E-state index in [2.05, 4.69) is 88.7 Å². The molecule has 2 saturated heterocycles. The molecule has 2 aliphatic rings. The molecule has 0 bridgehead atoms. The third-order valence-electron chi connectivity index (χ3n) is 10.5. The summed E-state index contributed by atoms with van der Waals surface area (Å²) < 4.78 is 51.9. The van der Waals surface area contributed by atoms with Gasteiger partial charge in [0.05, 0.1) is 38.5 Å². The molecule has 6 N–H and O–H groups in total. The fourth-order valence-electron chi connectivity index (χ4n) is 6.83. The van der Waals surface area contributed by atoms with Gasteiger partial charge in [0.15, 0.2) is 0 Å². The predicted octanol–water partition coefficient (Wildman–Crippen LogP) is 4.57. The van der Waals surface area contributed by atoms with Gasteiger partial charge in [0, 0.05) is 68.6 Å². The standard InChI is InChI=1S/C40H58N14O8S2/c1-5-51(6-2)17-15-41-35-45-37(49-39(47-35)53-19-23-59-24-20-53)43-31-13-11-29(33(27-31)63-62-61-55)9-10-30-12-14-32(28-34(30)64(56,57)58)44-38-46-36(42-16-18-52(7-3)8-4)48-40(50-38)54-21-25-60-26-22-54/h9-14,27-28,55H,5-8,15-26H2,1-4H3,(H,56,57,58)(H2,41,43,45,47,49)(H2,42,44,46,48,50)/b10-9+. The van der Waals surface area contributed by atoms with Crippen LogP contribution in [0.25, 0.3) is 12.2 Å². The van der Waals surface area contributed by atoms with Gasteiger partial charge in [-0.1, -0.05) is 57.0 Å². The first-order chi connectivity index (χ1) is 31.1. The topological polar surface area (TPSA) is 250 Å². The molecule has 6 rings (SSSR count). The maximum Gasteiger partial charge on any atom is 0.295 e. The highest BCUT2D eigenvalue weighted by Gasteiger charge is 2.21. The molecule has 0 radical (unpaired) electrons. The van der Waals surface area contributed by atoms with Crippen LogP contribution < -0.4 is 31.1 Å². The molecule has 2 aromatic heterocycles. The third kappa shape index (κ3) is 14.2. The molecule has 0 amide bonds. The molecule has 2 aromatic carbocycles. The Labute approximate surface area is 378 Å². The third-order valence-corrected chi connectivity index (χ3v) is 12.0. The highest BCUT2D eigenvalue weighted by molar-refractivity contribution is 7.94. The highest BCUT2D eigenvalue weighted by atomic mass is 32.2. The molecule has 2 aliphatic heterocycles. The molecule has 4 aromatic rings. The van der Waals surface area contributed by atoms with E-state index in [1.807, 2.05) is 9.80 Å². The number of benzene rings is 2. The summed E-state index contributed by atoms with van der Waals surface area (Å²) in [5, 5.41) is 25.9. The van der Waals surface area contributed by atoms with Crippen LogP contribution in [0.15, 0.2) is 46.2 Å². The largest absolute Gasteiger partial charge is 0.378 e. The maximum atomic E-state index is 12.8. The van der Waals surface area contributed by atoms with Crippen molar-refractivity contribution in [3.63, 3.8) is 0 Å². The van der Waals surface area contributed by atoms with E-state index in [1.165, 1.54) is 12.1 Å². The smallest absolute Gasteiger partial charge is 0.295 e. The quantitative estimate of drug-likeness (QED) is 0.0185. The highest BCUT2D eigenvalue weighted by Crippen LogP contribution is 2.32. The van der Waals surface area contributed by atoms with E-state index in [-0.39, 0.29) is 16.4 Å². The van der Waals surface area contributed by atoms with E-state index >= 15 is 0 Å². The number of morpholine rings is 2. The van der Waals surface area contributed by atoms with Crippen molar-refractivity contribution in [1.29, 1.82) is 0 Å².